The first kappa shape index (κ1) is 15.0. The summed E-state index contributed by atoms with van der Waals surface area (Å²) in [5, 5.41) is 0.766. The molecule has 106 valence electrons. The molecule has 2 rings (SSSR count). The predicted octanol–water partition coefficient (Wildman–Crippen LogP) is 3.26. The summed E-state index contributed by atoms with van der Waals surface area (Å²) in [7, 11) is 0. The van der Waals surface area contributed by atoms with Crippen molar-refractivity contribution in [2.75, 3.05) is 13.1 Å². The van der Waals surface area contributed by atoms with Crippen LogP contribution in [-0.4, -0.2) is 23.0 Å². The van der Waals surface area contributed by atoms with Crippen LogP contribution in [0, 0.1) is 0 Å². The molecule has 0 radical (unpaired) electrons. The summed E-state index contributed by atoms with van der Waals surface area (Å²) in [6.07, 6.45) is 1.82. The van der Waals surface area contributed by atoms with Crippen molar-refractivity contribution in [2.45, 2.75) is 19.5 Å². The number of halogens is 1. The molecule has 4 heteroatoms. The fourth-order valence-electron chi connectivity index (χ4n) is 2.36. The van der Waals surface area contributed by atoms with E-state index < -0.39 is 0 Å². The first-order valence-electron chi connectivity index (χ1n) is 6.84. The normalized spacial score (nSPS) is 12.6. The molecule has 2 aromatic rings. The van der Waals surface area contributed by atoms with Crippen LogP contribution < -0.4 is 5.73 Å². The van der Waals surface area contributed by atoms with Gasteiger partial charge in [0.05, 0.1) is 5.69 Å². The summed E-state index contributed by atoms with van der Waals surface area (Å²) < 4.78 is 0. The summed E-state index contributed by atoms with van der Waals surface area (Å²) in [6, 6.07) is 14.0. The Morgan fingerprint density at radius 3 is 2.55 bits per heavy atom. The minimum absolute atomic E-state index is 0.107. The van der Waals surface area contributed by atoms with Crippen molar-refractivity contribution < 1.29 is 0 Å². The van der Waals surface area contributed by atoms with Crippen molar-refractivity contribution in [2.24, 2.45) is 5.73 Å². The number of benzene rings is 1. The van der Waals surface area contributed by atoms with Crippen LogP contribution in [-0.2, 0) is 6.54 Å². The van der Waals surface area contributed by atoms with Gasteiger partial charge in [0.1, 0.15) is 0 Å². The van der Waals surface area contributed by atoms with Gasteiger partial charge in [0.15, 0.2) is 0 Å². The van der Waals surface area contributed by atoms with E-state index in [0.29, 0.717) is 6.54 Å². The average molecular weight is 290 g/mol. The van der Waals surface area contributed by atoms with Crippen LogP contribution in [0.4, 0.5) is 0 Å². The molecular formula is C16H20ClN3. The molecule has 0 spiro atoms. The fourth-order valence-corrected chi connectivity index (χ4v) is 2.62. The minimum atomic E-state index is 0.107. The highest BCUT2D eigenvalue weighted by Gasteiger charge is 2.20. The number of nitrogens with zero attached hydrogens (tertiary/aromatic N) is 2. The lowest BCUT2D eigenvalue weighted by Gasteiger charge is -2.30. The maximum Gasteiger partial charge on any atom is 0.0544 e. The van der Waals surface area contributed by atoms with Gasteiger partial charge in [0, 0.05) is 30.4 Å². The quantitative estimate of drug-likeness (QED) is 0.887. The minimum Gasteiger partial charge on any atom is -0.329 e. The van der Waals surface area contributed by atoms with Crippen molar-refractivity contribution in [3.8, 4) is 0 Å². The van der Waals surface area contributed by atoms with E-state index in [-0.39, 0.29) is 6.04 Å². The topological polar surface area (TPSA) is 42.2 Å². The molecule has 3 nitrogen and oxygen atoms in total. The molecule has 0 saturated carbocycles. The van der Waals surface area contributed by atoms with E-state index in [1.807, 2.05) is 48.7 Å². The Kier molecular flexibility index (Phi) is 5.53. The number of rotatable bonds is 6. The van der Waals surface area contributed by atoms with Crippen LogP contribution in [0.15, 0.2) is 48.7 Å². The summed E-state index contributed by atoms with van der Waals surface area (Å²) in [4.78, 5) is 6.68. The van der Waals surface area contributed by atoms with E-state index in [4.69, 9.17) is 17.3 Å². The number of nitrogens with two attached hydrogens (primary N) is 1. The van der Waals surface area contributed by atoms with Crippen molar-refractivity contribution in [3.63, 3.8) is 0 Å². The second kappa shape index (κ2) is 7.39. The van der Waals surface area contributed by atoms with Gasteiger partial charge in [0.25, 0.3) is 0 Å². The van der Waals surface area contributed by atoms with Gasteiger partial charge in [-0.1, -0.05) is 42.8 Å². The number of hydrogen-bond acceptors (Lipinski definition) is 3. The monoisotopic (exact) mass is 289 g/mol. The van der Waals surface area contributed by atoms with Crippen molar-refractivity contribution in [1.82, 2.24) is 9.88 Å². The Bertz CT molecular complexity index is 530. The number of pyridine rings is 1. The van der Waals surface area contributed by atoms with E-state index in [1.54, 1.807) is 0 Å². The van der Waals surface area contributed by atoms with Crippen LogP contribution in [0.25, 0.3) is 0 Å². The third-order valence-corrected chi connectivity index (χ3v) is 3.77. The van der Waals surface area contributed by atoms with Gasteiger partial charge >= 0.3 is 0 Å². The van der Waals surface area contributed by atoms with Crippen LogP contribution in [0.2, 0.25) is 5.02 Å². The Morgan fingerprint density at radius 2 is 1.95 bits per heavy atom. The van der Waals surface area contributed by atoms with Gasteiger partial charge in [-0.15, -0.1) is 0 Å². The van der Waals surface area contributed by atoms with Gasteiger partial charge in [-0.25, -0.2) is 0 Å². The van der Waals surface area contributed by atoms with Gasteiger partial charge in [-0.2, -0.15) is 0 Å². The molecule has 0 saturated heterocycles. The maximum atomic E-state index is 6.30. The zero-order chi connectivity index (χ0) is 14.4. The Hall–Kier alpha value is -1.42. The summed E-state index contributed by atoms with van der Waals surface area (Å²) >= 11 is 6.30. The van der Waals surface area contributed by atoms with Gasteiger partial charge in [-0.3, -0.25) is 9.88 Å². The number of hydrogen-bond donors (Lipinski definition) is 1. The van der Waals surface area contributed by atoms with Crippen LogP contribution in [0.1, 0.15) is 24.2 Å². The molecule has 0 amide bonds. The first-order valence-corrected chi connectivity index (χ1v) is 7.22. The Labute approximate surface area is 125 Å². The first-order chi connectivity index (χ1) is 9.76. The standard InChI is InChI=1S/C16H20ClN3/c1-2-20(12-13-7-5-6-10-19-13)16(11-18)14-8-3-4-9-15(14)17/h3-10,16H,2,11-12,18H2,1H3. The van der Waals surface area contributed by atoms with Crippen molar-refractivity contribution in [3.05, 3.63) is 64.9 Å². The fraction of sp³-hybridized carbons (Fsp3) is 0.312. The SMILES string of the molecule is CCN(Cc1ccccn1)C(CN)c1ccccc1Cl. The third-order valence-electron chi connectivity index (χ3n) is 3.43. The molecule has 1 atom stereocenters. The molecule has 0 bridgehead atoms. The van der Waals surface area contributed by atoms with Crippen LogP contribution >= 0.6 is 11.6 Å². The molecule has 1 aromatic heterocycles. The molecule has 0 fully saturated rings. The number of aromatic nitrogens is 1. The molecule has 20 heavy (non-hydrogen) atoms. The van der Waals surface area contributed by atoms with Crippen LogP contribution in [0.5, 0.6) is 0 Å². The zero-order valence-electron chi connectivity index (χ0n) is 11.7. The highest BCUT2D eigenvalue weighted by atomic mass is 35.5. The summed E-state index contributed by atoms with van der Waals surface area (Å²) in [5.41, 5.74) is 8.10. The van der Waals surface area contributed by atoms with Gasteiger partial charge < -0.3 is 5.73 Å². The molecule has 1 aromatic carbocycles. The summed E-state index contributed by atoms with van der Waals surface area (Å²) in [5.74, 6) is 0. The van der Waals surface area contributed by atoms with E-state index in [2.05, 4.69) is 16.8 Å². The van der Waals surface area contributed by atoms with E-state index >= 15 is 0 Å². The van der Waals surface area contributed by atoms with E-state index in [1.165, 1.54) is 0 Å². The van der Waals surface area contributed by atoms with Crippen molar-refractivity contribution in [1.29, 1.82) is 0 Å². The lowest BCUT2D eigenvalue weighted by molar-refractivity contribution is 0.201. The molecule has 0 aliphatic heterocycles. The number of likely N-dealkylation sites (N-methyl/N-ethyl adjacent to an activating group) is 1. The maximum absolute atomic E-state index is 6.30. The average Bonchev–Trinajstić information content (AvgIpc) is 2.49. The molecule has 0 aliphatic rings. The molecule has 1 unspecified atom stereocenters. The zero-order valence-corrected chi connectivity index (χ0v) is 12.4. The van der Waals surface area contributed by atoms with Crippen LogP contribution in [0.3, 0.4) is 0 Å². The predicted molar refractivity (Wildman–Crippen MR) is 83.6 cm³/mol. The Balaban J connectivity index is 2.22. The smallest absolute Gasteiger partial charge is 0.0544 e. The second-order valence-corrected chi connectivity index (χ2v) is 5.06. The lowest BCUT2D eigenvalue weighted by Crippen LogP contribution is -2.33. The largest absolute Gasteiger partial charge is 0.329 e. The second-order valence-electron chi connectivity index (χ2n) is 4.66. The third kappa shape index (κ3) is 3.57. The van der Waals surface area contributed by atoms with E-state index in [9.17, 15) is 0 Å². The summed E-state index contributed by atoms with van der Waals surface area (Å²) in [6.45, 7) is 4.32. The van der Waals surface area contributed by atoms with Gasteiger partial charge in [-0.05, 0) is 30.3 Å². The molecule has 1 heterocycles. The van der Waals surface area contributed by atoms with E-state index in [0.717, 1.165) is 29.4 Å². The highest BCUT2D eigenvalue weighted by molar-refractivity contribution is 6.31. The highest BCUT2D eigenvalue weighted by Crippen LogP contribution is 2.27. The Morgan fingerprint density at radius 1 is 1.20 bits per heavy atom. The molecule has 0 aliphatic carbocycles. The van der Waals surface area contributed by atoms with Crippen molar-refractivity contribution >= 4 is 11.6 Å². The molecule has 2 N–H and O–H groups in total. The molecular weight excluding hydrogens is 270 g/mol. The van der Waals surface area contributed by atoms with Gasteiger partial charge in [0.2, 0.25) is 0 Å². The lowest BCUT2D eigenvalue weighted by atomic mass is 10.0.